The number of carbonyl (C=O) groups excluding carboxylic acids is 3. The molecule has 0 saturated carbocycles. The van der Waals surface area contributed by atoms with Gasteiger partial charge in [0.25, 0.3) is 5.91 Å². The lowest BCUT2D eigenvalue weighted by Gasteiger charge is -2.24. The van der Waals surface area contributed by atoms with E-state index in [1.807, 2.05) is 48.5 Å². The summed E-state index contributed by atoms with van der Waals surface area (Å²) in [6.07, 6.45) is 2.35. The van der Waals surface area contributed by atoms with Crippen LogP contribution in [0.3, 0.4) is 0 Å². The van der Waals surface area contributed by atoms with Gasteiger partial charge in [-0.05, 0) is 24.1 Å². The molecule has 3 rings (SSSR count). The van der Waals surface area contributed by atoms with Crippen LogP contribution in [0, 0.1) is 0 Å². The van der Waals surface area contributed by atoms with Crippen LogP contribution in [0.4, 0.5) is 4.79 Å². The van der Waals surface area contributed by atoms with Gasteiger partial charge in [0.2, 0.25) is 5.91 Å². The lowest BCUT2D eigenvalue weighted by atomic mass is 10.1. The predicted molar refractivity (Wildman–Crippen MR) is 94.9 cm³/mol. The Kier molecular flexibility index (Phi) is 5.58. The van der Waals surface area contributed by atoms with E-state index in [-0.39, 0.29) is 24.9 Å². The van der Waals surface area contributed by atoms with Crippen molar-refractivity contribution < 1.29 is 14.4 Å². The summed E-state index contributed by atoms with van der Waals surface area (Å²) in [6.45, 7) is 0.488. The first kappa shape index (κ1) is 17.6. The number of carbonyl (C=O) groups is 3. The highest BCUT2D eigenvalue weighted by Gasteiger charge is 2.31. The molecule has 1 saturated heterocycles. The molecular formula is C19H20N4O3. The van der Waals surface area contributed by atoms with Gasteiger partial charge in [0.1, 0.15) is 6.54 Å². The van der Waals surface area contributed by atoms with Crippen molar-refractivity contribution in [3.63, 3.8) is 0 Å². The number of nitrogens with zero attached hydrogens (tertiary/aromatic N) is 3. The maximum Gasteiger partial charge on any atom is 0.325 e. The SMILES string of the molecule is O=C(CN1C(=O)CNC1=O)N(CCc1ccccc1)Cc1ccccn1. The Hall–Kier alpha value is -3.22. The van der Waals surface area contributed by atoms with Crippen LogP contribution in [0.1, 0.15) is 11.3 Å². The van der Waals surface area contributed by atoms with E-state index in [9.17, 15) is 14.4 Å². The van der Waals surface area contributed by atoms with Crippen LogP contribution < -0.4 is 5.32 Å². The van der Waals surface area contributed by atoms with E-state index in [2.05, 4.69) is 10.3 Å². The van der Waals surface area contributed by atoms with Gasteiger partial charge in [0.15, 0.2) is 0 Å². The van der Waals surface area contributed by atoms with Crippen LogP contribution in [0.5, 0.6) is 0 Å². The van der Waals surface area contributed by atoms with E-state index in [4.69, 9.17) is 0 Å². The smallest absolute Gasteiger partial charge is 0.325 e. The Morgan fingerprint density at radius 1 is 1.12 bits per heavy atom. The predicted octanol–water partition coefficient (Wildman–Crippen LogP) is 1.20. The molecule has 7 nitrogen and oxygen atoms in total. The fourth-order valence-electron chi connectivity index (χ4n) is 2.74. The van der Waals surface area contributed by atoms with Gasteiger partial charge in [-0.2, -0.15) is 0 Å². The maximum atomic E-state index is 12.7. The Balaban J connectivity index is 1.69. The summed E-state index contributed by atoms with van der Waals surface area (Å²) < 4.78 is 0. The zero-order chi connectivity index (χ0) is 18.4. The molecule has 134 valence electrons. The average Bonchev–Trinajstić information content (AvgIpc) is 2.98. The highest BCUT2D eigenvalue weighted by atomic mass is 16.2. The van der Waals surface area contributed by atoms with E-state index in [0.29, 0.717) is 19.5 Å². The molecule has 1 aliphatic heterocycles. The monoisotopic (exact) mass is 352 g/mol. The molecule has 1 aromatic heterocycles. The van der Waals surface area contributed by atoms with Crippen molar-refractivity contribution in [3.8, 4) is 0 Å². The fraction of sp³-hybridized carbons (Fsp3) is 0.263. The number of imide groups is 1. The second kappa shape index (κ2) is 8.24. The highest BCUT2D eigenvalue weighted by molar-refractivity contribution is 6.04. The van der Waals surface area contributed by atoms with Gasteiger partial charge in [-0.3, -0.25) is 19.5 Å². The van der Waals surface area contributed by atoms with E-state index >= 15 is 0 Å². The molecule has 4 amide bonds. The minimum Gasteiger partial charge on any atom is -0.335 e. The Morgan fingerprint density at radius 2 is 1.88 bits per heavy atom. The van der Waals surface area contributed by atoms with Gasteiger partial charge in [0, 0.05) is 12.7 Å². The lowest BCUT2D eigenvalue weighted by molar-refractivity contribution is -0.137. The van der Waals surface area contributed by atoms with Crippen molar-refractivity contribution in [2.75, 3.05) is 19.6 Å². The first-order valence-corrected chi connectivity index (χ1v) is 8.43. The van der Waals surface area contributed by atoms with Crippen LogP contribution in [-0.4, -0.2) is 52.3 Å². The molecule has 0 aliphatic carbocycles. The topological polar surface area (TPSA) is 82.6 Å². The van der Waals surface area contributed by atoms with Crippen molar-refractivity contribution in [3.05, 3.63) is 66.0 Å². The first-order valence-electron chi connectivity index (χ1n) is 8.43. The van der Waals surface area contributed by atoms with Crippen LogP contribution in [-0.2, 0) is 22.6 Å². The third kappa shape index (κ3) is 4.44. The average molecular weight is 352 g/mol. The molecule has 0 spiro atoms. The lowest BCUT2D eigenvalue weighted by Crippen LogP contribution is -2.43. The standard InChI is InChI=1S/C19H20N4O3/c24-17-12-21-19(26)23(17)14-18(25)22(13-16-8-4-5-10-20-16)11-9-15-6-2-1-3-7-15/h1-8,10H,9,11-14H2,(H,21,26). The molecule has 26 heavy (non-hydrogen) atoms. The zero-order valence-corrected chi connectivity index (χ0v) is 14.3. The summed E-state index contributed by atoms with van der Waals surface area (Å²) in [5.74, 6) is -0.666. The van der Waals surface area contributed by atoms with E-state index in [0.717, 1.165) is 16.2 Å². The van der Waals surface area contributed by atoms with Crippen molar-refractivity contribution >= 4 is 17.8 Å². The molecule has 0 radical (unpaired) electrons. The van der Waals surface area contributed by atoms with Crippen molar-refractivity contribution in [2.45, 2.75) is 13.0 Å². The number of hydrogen-bond acceptors (Lipinski definition) is 4. The fourth-order valence-corrected chi connectivity index (χ4v) is 2.74. The van der Waals surface area contributed by atoms with E-state index in [1.54, 1.807) is 11.1 Å². The normalized spacial score (nSPS) is 13.6. The molecule has 0 atom stereocenters. The number of nitrogens with one attached hydrogen (secondary N) is 1. The van der Waals surface area contributed by atoms with Crippen molar-refractivity contribution in [1.29, 1.82) is 0 Å². The molecule has 2 aromatic rings. The van der Waals surface area contributed by atoms with Gasteiger partial charge in [-0.1, -0.05) is 36.4 Å². The molecular weight excluding hydrogens is 332 g/mol. The molecule has 2 heterocycles. The zero-order valence-electron chi connectivity index (χ0n) is 14.3. The Labute approximate surface area is 151 Å². The quantitative estimate of drug-likeness (QED) is 0.759. The van der Waals surface area contributed by atoms with Crippen LogP contribution >= 0.6 is 0 Å². The molecule has 1 aromatic carbocycles. The van der Waals surface area contributed by atoms with Gasteiger partial charge < -0.3 is 10.2 Å². The maximum absolute atomic E-state index is 12.7. The number of benzene rings is 1. The number of rotatable bonds is 7. The van der Waals surface area contributed by atoms with E-state index in [1.165, 1.54) is 0 Å². The third-order valence-electron chi connectivity index (χ3n) is 4.18. The molecule has 1 N–H and O–H groups in total. The highest BCUT2D eigenvalue weighted by Crippen LogP contribution is 2.08. The summed E-state index contributed by atoms with van der Waals surface area (Å²) in [5.41, 5.74) is 1.87. The largest absolute Gasteiger partial charge is 0.335 e. The van der Waals surface area contributed by atoms with E-state index < -0.39 is 6.03 Å². The minimum atomic E-state index is -0.524. The van der Waals surface area contributed by atoms with Gasteiger partial charge in [-0.25, -0.2) is 4.79 Å². The minimum absolute atomic E-state index is 0.0592. The summed E-state index contributed by atoms with van der Waals surface area (Å²) in [5, 5.41) is 2.43. The van der Waals surface area contributed by atoms with Crippen LogP contribution in [0.25, 0.3) is 0 Å². The number of aromatic nitrogens is 1. The summed E-state index contributed by atoms with van der Waals surface area (Å²) in [7, 11) is 0. The van der Waals surface area contributed by atoms with Crippen molar-refractivity contribution in [2.24, 2.45) is 0 Å². The summed E-state index contributed by atoms with van der Waals surface area (Å²) >= 11 is 0. The van der Waals surface area contributed by atoms with Gasteiger partial charge in [0.05, 0.1) is 18.8 Å². The summed E-state index contributed by atoms with van der Waals surface area (Å²) in [4.78, 5) is 43.0. The number of urea groups is 1. The number of hydrogen-bond donors (Lipinski definition) is 1. The van der Waals surface area contributed by atoms with Crippen LogP contribution in [0.2, 0.25) is 0 Å². The summed E-state index contributed by atoms with van der Waals surface area (Å²) in [6, 6.07) is 14.8. The second-order valence-electron chi connectivity index (χ2n) is 6.01. The van der Waals surface area contributed by atoms with Crippen molar-refractivity contribution in [1.82, 2.24) is 20.1 Å². The van der Waals surface area contributed by atoms with Gasteiger partial charge >= 0.3 is 6.03 Å². The van der Waals surface area contributed by atoms with Crippen LogP contribution in [0.15, 0.2) is 54.7 Å². The Bertz CT molecular complexity index is 764. The second-order valence-corrected chi connectivity index (χ2v) is 6.01. The van der Waals surface area contributed by atoms with Gasteiger partial charge in [-0.15, -0.1) is 0 Å². The molecule has 1 aliphatic rings. The number of pyridine rings is 1. The first-order chi connectivity index (χ1) is 12.6. The molecule has 1 fully saturated rings. The number of amides is 4. The molecule has 0 bridgehead atoms. The molecule has 0 unspecified atom stereocenters. The third-order valence-corrected chi connectivity index (χ3v) is 4.18. The Morgan fingerprint density at radius 3 is 2.54 bits per heavy atom. The molecule has 7 heteroatoms.